The van der Waals surface area contributed by atoms with Crippen molar-refractivity contribution < 1.29 is 28.9 Å². The highest BCUT2D eigenvalue weighted by Gasteiger charge is 2.47. The summed E-state index contributed by atoms with van der Waals surface area (Å²) in [5, 5.41) is 11.2. The standard InChI is InChI=1S/C26H22Cl2O6S/c27-19-10-6-17(7-11-19)24(29)33-15-21-22(34-25(30)18-8-12-20(28)13-9-18)23(26(31)35-21)32-14-16-4-2-1-3-5-16/h1-13,21-23,26,31H,14-15H2/t21-,22+,23+,26?/m1/s1. The molecule has 6 nitrogen and oxygen atoms in total. The molecule has 4 rings (SSSR count). The molecule has 0 spiro atoms. The summed E-state index contributed by atoms with van der Waals surface area (Å²) in [6, 6.07) is 22.1. The fourth-order valence-electron chi connectivity index (χ4n) is 3.53. The van der Waals surface area contributed by atoms with Gasteiger partial charge in [0.2, 0.25) is 0 Å². The largest absolute Gasteiger partial charge is 0.461 e. The fraction of sp³-hybridized carbons (Fsp3) is 0.231. The topological polar surface area (TPSA) is 82.1 Å². The highest BCUT2D eigenvalue weighted by molar-refractivity contribution is 8.00. The Kier molecular flexibility index (Phi) is 8.70. The molecule has 0 aliphatic carbocycles. The Morgan fingerprint density at radius 3 is 1.97 bits per heavy atom. The minimum atomic E-state index is -0.985. The van der Waals surface area contributed by atoms with E-state index in [1.807, 2.05) is 30.3 Å². The molecule has 0 saturated carbocycles. The first kappa shape index (κ1) is 25.5. The zero-order valence-electron chi connectivity index (χ0n) is 18.4. The number of halogens is 2. The summed E-state index contributed by atoms with van der Waals surface area (Å²) in [4.78, 5) is 25.3. The van der Waals surface area contributed by atoms with Gasteiger partial charge in [0.15, 0.2) is 0 Å². The maximum absolute atomic E-state index is 12.8. The summed E-state index contributed by atoms with van der Waals surface area (Å²) in [6.07, 6.45) is -1.68. The number of hydrogen-bond donors (Lipinski definition) is 1. The Morgan fingerprint density at radius 1 is 0.800 bits per heavy atom. The third-order valence-corrected chi connectivity index (χ3v) is 7.16. The quantitative estimate of drug-likeness (QED) is 0.389. The van der Waals surface area contributed by atoms with Crippen LogP contribution in [0, 0.1) is 0 Å². The van der Waals surface area contributed by atoms with Crippen molar-refractivity contribution in [1.82, 2.24) is 0 Å². The Morgan fingerprint density at radius 2 is 1.37 bits per heavy atom. The number of thioether (sulfide) groups is 1. The van der Waals surface area contributed by atoms with Gasteiger partial charge < -0.3 is 19.3 Å². The molecule has 0 radical (unpaired) electrons. The van der Waals surface area contributed by atoms with Crippen molar-refractivity contribution in [1.29, 1.82) is 0 Å². The van der Waals surface area contributed by atoms with Gasteiger partial charge in [-0.05, 0) is 54.1 Å². The van der Waals surface area contributed by atoms with Crippen LogP contribution in [0.5, 0.6) is 0 Å². The number of ether oxygens (including phenoxy) is 3. The van der Waals surface area contributed by atoms with Gasteiger partial charge >= 0.3 is 11.9 Å². The molecule has 182 valence electrons. The summed E-state index contributed by atoms with van der Waals surface area (Å²) in [7, 11) is 0. The third-order valence-electron chi connectivity index (χ3n) is 5.35. The number of aliphatic hydroxyl groups excluding tert-OH is 1. The van der Waals surface area contributed by atoms with E-state index in [1.165, 1.54) is 0 Å². The summed E-state index contributed by atoms with van der Waals surface area (Å²) in [6.45, 7) is 0.127. The van der Waals surface area contributed by atoms with E-state index in [-0.39, 0.29) is 13.2 Å². The van der Waals surface area contributed by atoms with Gasteiger partial charge in [-0.15, -0.1) is 11.8 Å². The fourth-order valence-corrected chi connectivity index (χ4v) is 5.04. The Hall–Kier alpha value is -2.55. The molecule has 1 N–H and O–H groups in total. The molecule has 1 fully saturated rings. The molecule has 1 aliphatic rings. The number of aliphatic hydroxyl groups is 1. The molecule has 1 heterocycles. The molecule has 1 unspecified atom stereocenters. The van der Waals surface area contributed by atoms with E-state index in [2.05, 4.69) is 0 Å². The number of carbonyl (C=O) groups excluding carboxylic acids is 2. The molecular formula is C26H22Cl2O6S. The Labute approximate surface area is 217 Å². The van der Waals surface area contributed by atoms with Crippen LogP contribution in [0.15, 0.2) is 78.9 Å². The van der Waals surface area contributed by atoms with E-state index >= 15 is 0 Å². The van der Waals surface area contributed by atoms with Gasteiger partial charge in [-0.1, -0.05) is 53.5 Å². The maximum Gasteiger partial charge on any atom is 0.338 e. The van der Waals surface area contributed by atoms with Crippen molar-refractivity contribution in [2.24, 2.45) is 0 Å². The monoisotopic (exact) mass is 532 g/mol. The molecule has 0 amide bonds. The predicted molar refractivity (Wildman–Crippen MR) is 135 cm³/mol. The SMILES string of the molecule is O=C(OC[C@H]1SC(O)[C@@H](OCc2ccccc2)[C@H]1OC(=O)c1ccc(Cl)cc1)c1ccc(Cl)cc1. The van der Waals surface area contributed by atoms with Crippen LogP contribution in [-0.4, -0.2) is 46.5 Å². The molecular weight excluding hydrogens is 511 g/mol. The van der Waals surface area contributed by atoms with Gasteiger partial charge in [0.1, 0.15) is 24.3 Å². The van der Waals surface area contributed by atoms with Crippen LogP contribution in [0.2, 0.25) is 10.0 Å². The van der Waals surface area contributed by atoms with Gasteiger partial charge in [-0.2, -0.15) is 0 Å². The van der Waals surface area contributed by atoms with Crippen LogP contribution >= 0.6 is 35.0 Å². The first-order valence-electron chi connectivity index (χ1n) is 10.8. The first-order chi connectivity index (χ1) is 16.9. The third kappa shape index (κ3) is 6.78. The lowest BCUT2D eigenvalue weighted by molar-refractivity contribution is -0.0821. The van der Waals surface area contributed by atoms with Gasteiger partial charge in [0.05, 0.1) is 23.0 Å². The average molecular weight is 533 g/mol. The summed E-state index contributed by atoms with van der Waals surface area (Å²) in [5.74, 6) is -1.14. The van der Waals surface area contributed by atoms with Crippen LogP contribution in [0.4, 0.5) is 0 Å². The second-order valence-electron chi connectivity index (χ2n) is 7.81. The number of hydrogen-bond acceptors (Lipinski definition) is 7. The zero-order chi connectivity index (χ0) is 24.8. The van der Waals surface area contributed by atoms with E-state index in [9.17, 15) is 14.7 Å². The number of benzene rings is 3. The average Bonchev–Trinajstić information content (AvgIpc) is 3.16. The van der Waals surface area contributed by atoms with Gasteiger partial charge in [0.25, 0.3) is 0 Å². The lowest BCUT2D eigenvalue weighted by atomic mass is 10.1. The second kappa shape index (κ2) is 11.9. The van der Waals surface area contributed by atoms with Crippen molar-refractivity contribution in [3.05, 3.63) is 106 Å². The predicted octanol–water partition coefficient (Wildman–Crippen LogP) is 5.40. The molecule has 3 aromatic carbocycles. The van der Waals surface area contributed by atoms with Crippen molar-refractivity contribution in [2.45, 2.75) is 29.5 Å². The van der Waals surface area contributed by atoms with Crippen molar-refractivity contribution in [2.75, 3.05) is 6.61 Å². The number of rotatable bonds is 8. The molecule has 9 heteroatoms. The minimum absolute atomic E-state index is 0.0903. The van der Waals surface area contributed by atoms with Crippen molar-refractivity contribution in [3.8, 4) is 0 Å². The molecule has 3 aromatic rings. The minimum Gasteiger partial charge on any atom is -0.461 e. The number of esters is 2. The zero-order valence-corrected chi connectivity index (χ0v) is 20.7. The van der Waals surface area contributed by atoms with Crippen molar-refractivity contribution in [3.63, 3.8) is 0 Å². The first-order valence-corrected chi connectivity index (χ1v) is 12.5. The molecule has 35 heavy (non-hydrogen) atoms. The van der Waals surface area contributed by atoms with E-state index in [0.29, 0.717) is 21.2 Å². The smallest absolute Gasteiger partial charge is 0.338 e. The highest BCUT2D eigenvalue weighted by Crippen LogP contribution is 2.38. The normalized spacial score (nSPS) is 21.5. The van der Waals surface area contributed by atoms with Crippen LogP contribution in [0.25, 0.3) is 0 Å². The molecule has 0 aromatic heterocycles. The van der Waals surface area contributed by atoms with Crippen molar-refractivity contribution >= 4 is 46.9 Å². The Balaban J connectivity index is 1.47. The van der Waals surface area contributed by atoms with Crippen LogP contribution in [0.1, 0.15) is 26.3 Å². The highest BCUT2D eigenvalue weighted by atomic mass is 35.5. The van der Waals surface area contributed by atoms with E-state index in [1.54, 1.807) is 48.5 Å². The summed E-state index contributed by atoms with van der Waals surface area (Å²) >= 11 is 12.9. The maximum atomic E-state index is 12.8. The molecule has 1 saturated heterocycles. The van der Waals surface area contributed by atoms with Crippen LogP contribution < -0.4 is 0 Å². The molecule has 0 bridgehead atoms. The summed E-state index contributed by atoms with van der Waals surface area (Å²) < 4.78 is 17.2. The van der Waals surface area contributed by atoms with Crippen LogP contribution in [-0.2, 0) is 20.8 Å². The summed E-state index contributed by atoms with van der Waals surface area (Å²) in [5.41, 5.74) is 0.565. The lowest BCUT2D eigenvalue weighted by Crippen LogP contribution is -2.40. The molecule has 1 aliphatic heterocycles. The van der Waals surface area contributed by atoms with Crippen LogP contribution in [0.3, 0.4) is 0 Å². The lowest BCUT2D eigenvalue weighted by Gasteiger charge is -2.25. The van der Waals surface area contributed by atoms with Gasteiger partial charge in [0, 0.05) is 10.0 Å². The Bertz CT molecular complexity index is 1140. The van der Waals surface area contributed by atoms with E-state index < -0.39 is 34.8 Å². The van der Waals surface area contributed by atoms with Gasteiger partial charge in [-0.25, -0.2) is 9.59 Å². The van der Waals surface area contributed by atoms with Gasteiger partial charge in [-0.3, -0.25) is 0 Å². The van der Waals surface area contributed by atoms with E-state index in [0.717, 1.165) is 17.3 Å². The van der Waals surface area contributed by atoms with E-state index in [4.69, 9.17) is 37.4 Å². The molecule has 4 atom stereocenters. The number of carbonyl (C=O) groups is 2. The second-order valence-corrected chi connectivity index (χ2v) is 10.0.